The Balaban J connectivity index is 1.47. The first-order valence-electron chi connectivity index (χ1n) is 7.32. The van der Waals surface area contributed by atoms with Crippen LogP contribution in [-0.2, 0) is 17.8 Å². The molecule has 2 nitrogen and oxygen atoms in total. The third-order valence-corrected chi connectivity index (χ3v) is 5.90. The number of halogens is 1. The summed E-state index contributed by atoms with van der Waals surface area (Å²) in [4.78, 5) is 16.1. The molecule has 0 saturated heterocycles. The van der Waals surface area contributed by atoms with Gasteiger partial charge in [0.2, 0.25) is 5.91 Å². The molecule has 1 amide bonds. The molecule has 21 heavy (non-hydrogen) atoms. The number of rotatable bonds is 2. The van der Waals surface area contributed by atoms with Crippen LogP contribution in [0.15, 0.2) is 35.7 Å². The summed E-state index contributed by atoms with van der Waals surface area (Å²) in [5, 5.41) is 2.92. The zero-order valence-corrected chi connectivity index (χ0v) is 13.2. The van der Waals surface area contributed by atoms with Crippen molar-refractivity contribution in [2.45, 2.75) is 25.3 Å². The Morgan fingerprint density at radius 2 is 2.14 bits per heavy atom. The summed E-state index contributed by atoms with van der Waals surface area (Å²) in [6.45, 7) is 1.64. The summed E-state index contributed by atoms with van der Waals surface area (Å²) >= 11 is 8.05. The number of benzene rings is 1. The van der Waals surface area contributed by atoms with E-state index >= 15 is 0 Å². The van der Waals surface area contributed by atoms with Crippen LogP contribution < -0.4 is 0 Å². The van der Waals surface area contributed by atoms with Crippen molar-refractivity contribution < 1.29 is 4.79 Å². The van der Waals surface area contributed by atoms with Gasteiger partial charge in [-0.25, -0.2) is 0 Å². The first-order valence-corrected chi connectivity index (χ1v) is 8.58. The largest absolute Gasteiger partial charge is 0.338 e. The minimum Gasteiger partial charge on any atom is -0.338 e. The van der Waals surface area contributed by atoms with E-state index in [1.807, 2.05) is 40.5 Å². The molecule has 0 radical (unpaired) electrons. The van der Waals surface area contributed by atoms with Crippen LogP contribution in [0, 0.1) is 5.92 Å². The number of hydrogen-bond donors (Lipinski definition) is 0. The van der Waals surface area contributed by atoms with Crippen LogP contribution in [0.5, 0.6) is 0 Å². The van der Waals surface area contributed by atoms with Crippen molar-refractivity contribution in [2.24, 2.45) is 5.92 Å². The van der Waals surface area contributed by atoms with Gasteiger partial charge in [0.25, 0.3) is 0 Å². The van der Waals surface area contributed by atoms with Crippen LogP contribution in [-0.4, -0.2) is 17.4 Å². The predicted molar refractivity (Wildman–Crippen MR) is 85.7 cm³/mol. The van der Waals surface area contributed by atoms with Gasteiger partial charge in [0, 0.05) is 28.9 Å². The fraction of sp³-hybridized carbons (Fsp3) is 0.353. The zero-order chi connectivity index (χ0) is 14.4. The van der Waals surface area contributed by atoms with Gasteiger partial charge in [0.1, 0.15) is 0 Å². The Hall–Kier alpha value is -1.32. The molecule has 2 unspecified atom stereocenters. The molecule has 2 heterocycles. The van der Waals surface area contributed by atoms with Crippen molar-refractivity contribution in [3.63, 3.8) is 0 Å². The standard InChI is InChI=1S/C17H16ClNOS/c18-15-4-2-1-3-12(15)13-9-14(13)17(20)19-7-5-16-11(10-19)6-8-21-16/h1-4,6,8,13-14H,5,7,9-10H2. The second-order valence-electron chi connectivity index (χ2n) is 5.85. The van der Waals surface area contributed by atoms with Crippen LogP contribution >= 0.6 is 22.9 Å². The number of nitrogens with zero attached hydrogens (tertiary/aromatic N) is 1. The lowest BCUT2D eigenvalue weighted by molar-refractivity contribution is -0.133. The first kappa shape index (κ1) is 13.4. The topological polar surface area (TPSA) is 20.3 Å². The maximum Gasteiger partial charge on any atom is 0.226 e. The molecule has 1 saturated carbocycles. The van der Waals surface area contributed by atoms with Gasteiger partial charge in [0.15, 0.2) is 0 Å². The van der Waals surface area contributed by atoms with Gasteiger partial charge in [0.05, 0.1) is 0 Å². The van der Waals surface area contributed by atoms with Gasteiger partial charge in [-0.2, -0.15) is 0 Å². The average molecular weight is 318 g/mol. The molecule has 2 atom stereocenters. The molecule has 0 N–H and O–H groups in total. The third kappa shape index (κ3) is 2.39. The Kier molecular flexibility index (Phi) is 3.27. The molecule has 1 fully saturated rings. The highest BCUT2D eigenvalue weighted by Gasteiger charge is 2.46. The van der Waals surface area contributed by atoms with Gasteiger partial charge in [-0.05, 0) is 47.4 Å². The number of carbonyl (C=O) groups is 1. The lowest BCUT2D eigenvalue weighted by Gasteiger charge is -2.27. The van der Waals surface area contributed by atoms with Crippen LogP contribution in [0.25, 0.3) is 0 Å². The molecular formula is C17H16ClNOS. The first-order chi connectivity index (χ1) is 10.2. The number of fused-ring (bicyclic) bond motifs is 1. The molecule has 1 aliphatic carbocycles. The summed E-state index contributed by atoms with van der Waals surface area (Å²) < 4.78 is 0. The second kappa shape index (κ2) is 5.15. The number of carbonyl (C=O) groups excluding carboxylic acids is 1. The molecule has 108 valence electrons. The lowest BCUT2D eigenvalue weighted by atomic mass is 10.1. The molecule has 4 heteroatoms. The number of thiophene rings is 1. The Labute approximate surface area is 133 Å². The minimum absolute atomic E-state index is 0.130. The molecule has 0 spiro atoms. The van der Waals surface area contributed by atoms with Crippen molar-refractivity contribution in [2.75, 3.05) is 6.54 Å². The summed E-state index contributed by atoms with van der Waals surface area (Å²) in [7, 11) is 0. The molecule has 1 aromatic heterocycles. The SMILES string of the molecule is O=C(C1CC1c1ccccc1Cl)N1CCc2sccc2C1. The number of amides is 1. The fourth-order valence-corrected chi connectivity index (χ4v) is 4.42. The van der Waals surface area contributed by atoms with Crippen LogP contribution in [0.3, 0.4) is 0 Å². The Morgan fingerprint density at radius 1 is 1.29 bits per heavy atom. The van der Waals surface area contributed by atoms with E-state index < -0.39 is 0 Å². The van der Waals surface area contributed by atoms with Crippen molar-refractivity contribution in [1.29, 1.82) is 0 Å². The van der Waals surface area contributed by atoms with Crippen LogP contribution in [0.2, 0.25) is 5.02 Å². The zero-order valence-electron chi connectivity index (χ0n) is 11.6. The summed E-state index contributed by atoms with van der Waals surface area (Å²) in [6.07, 6.45) is 1.94. The second-order valence-corrected chi connectivity index (χ2v) is 7.26. The van der Waals surface area contributed by atoms with E-state index in [4.69, 9.17) is 11.6 Å². The van der Waals surface area contributed by atoms with Crippen molar-refractivity contribution in [3.8, 4) is 0 Å². The molecule has 0 bridgehead atoms. The fourth-order valence-electron chi connectivity index (χ4n) is 3.26. The van der Waals surface area contributed by atoms with Crippen molar-refractivity contribution in [3.05, 3.63) is 56.7 Å². The van der Waals surface area contributed by atoms with E-state index in [-0.39, 0.29) is 5.92 Å². The highest BCUT2D eigenvalue weighted by molar-refractivity contribution is 7.10. The van der Waals surface area contributed by atoms with E-state index in [0.717, 1.165) is 36.5 Å². The lowest BCUT2D eigenvalue weighted by Crippen LogP contribution is -2.36. The van der Waals surface area contributed by atoms with Gasteiger partial charge < -0.3 is 4.90 Å². The monoisotopic (exact) mass is 317 g/mol. The van der Waals surface area contributed by atoms with Gasteiger partial charge in [-0.3, -0.25) is 4.79 Å². The number of hydrogen-bond acceptors (Lipinski definition) is 2. The maximum absolute atomic E-state index is 12.7. The molecule has 1 aromatic carbocycles. The highest BCUT2D eigenvalue weighted by Crippen LogP contribution is 2.50. The van der Waals surface area contributed by atoms with E-state index in [0.29, 0.717) is 11.8 Å². The summed E-state index contributed by atoms with van der Waals surface area (Å²) in [5.41, 5.74) is 2.46. The maximum atomic E-state index is 12.7. The van der Waals surface area contributed by atoms with E-state index in [1.165, 1.54) is 10.4 Å². The van der Waals surface area contributed by atoms with E-state index in [2.05, 4.69) is 11.4 Å². The van der Waals surface area contributed by atoms with Crippen molar-refractivity contribution in [1.82, 2.24) is 4.90 Å². The van der Waals surface area contributed by atoms with E-state index in [1.54, 1.807) is 0 Å². The van der Waals surface area contributed by atoms with E-state index in [9.17, 15) is 4.79 Å². The van der Waals surface area contributed by atoms with Crippen LogP contribution in [0.4, 0.5) is 0 Å². The van der Waals surface area contributed by atoms with Gasteiger partial charge >= 0.3 is 0 Å². The van der Waals surface area contributed by atoms with Gasteiger partial charge in [-0.15, -0.1) is 11.3 Å². The summed E-state index contributed by atoms with van der Waals surface area (Å²) in [5.74, 6) is 0.747. The van der Waals surface area contributed by atoms with Crippen molar-refractivity contribution >= 4 is 28.8 Å². The molecule has 2 aromatic rings. The molecule has 1 aliphatic heterocycles. The molecule has 2 aliphatic rings. The minimum atomic E-state index is 0.130. The Bertz CT molecular complexity index is 696. The Morgan fingerprint density at radius 3 is 3.00 bits per heavy atom. The van der Waals surface area contributed by atoms with Gasteiger partial charge in [-0.1, -0.05) is 29.8 Å². The average Bonchev–Trinajstić information content (AvgIpc) is 3.15. The molecular weight excluding hydrogens is 302 g/mol. The smallest absolute Gasteiger partial charge is 0.226 e. The normalized spacial score (nSPS) is 23.8. The molecule has 4 rings (SSSR count). The van der Waals surface area contributed by atoms with Crippen LogP contribution in [0.1, 0.15) is 28.3 Å². The predicted octanol–water partition coefficient (Wildman–Crippen LogP) is 4.09. The quantitative estimate of drug-likeness (QED) is 0.817. The highest BCUT2D eigenvalue weighted by atomic mass is 35.5. The third-order valence-electron chi connectivity index (χ3n) is 4.53. The summed E-state index contributed by atoms with van der Waals surface area (Å²) in [6, 6.07) is 10.0.